The first-order valence-corrected chi connectivity index (χ1v) is 7.31. The van der Waals surface area contributed by atoms with E-state index in [1.807, 2.05) is 36.4 Å². The standard InChI is InChI=1S/C17H17N3O3/c21-13(10-18-12-6-2-1-3-7-12)11-23-17-15-9-5-4-8-14(15)16(22)19-20-17/h1-9,13,18,21H,10-11H2,(H,19,22). The number of aliphatic hydroxyl groups is 1. The minimum atomic E-state index is -0.706. The van der Waals surface area contributed by atoms with E-state index in [9.17, 15) is 9.90 Å². The average molecular weight is 311 g/mol. The van der Waals surface area contributed by atoms with E-state index < -0.39 is 6.10 Å². The Hall–Kier alpha value is -2.86. The van der Waals surface area contributed by atoms with Gasteiger partial charge < -0.3 is 15.2 Å². The predicted molar refractivity (Wildman–Crippen MR) is 88.8 cm³/mol. The maximum Gasteiger partial charge on any atom is 0.272 e. The Morgan fingerprint density at radius 3 is 2.57 bits per heavy atom. The molecule has 3 aromatic rings. The molecule has 1 unspecified atom stereocenters. The second kappa shape index (κ2) is 6.93. The molecule has 0 saturated heterocycles. The van der Waals surface area contributed by atoms with Crippen LogP contribution in [-0.4, -0.2) is 34.6 Å². The maximum absolute atomic E-state index is 11.7. The van der Waals surface area contributed by atoms with E-state index in [0.717, 1.165) is 5.69 Å². The van der Waals surface area contributed by atoms with Crippen LogP contribution in [0.25, 0.3) is 10.8 Å². The fourth-order valence-electron chi connectivity index (χ4n) is 2.23. The first-order valence-electron chi connectivity index (χ1n) is 7.31. The van der Waals surface area contributed by atoms with Gasteiger partial charge in [-0.25, -0.2) is 5.10 Å². The molecule has 1 atom stereocenters. The van der Waals surface area contributed by atoms with Crippen LogP contribution in [0.15, 0.2) is 59.4 Å². The van der Waals surface area contributed by atoms with Gasteiger partial charge in [0.05, 0.1) is 10.8 Å². The van der Waals surface area contributed by atoms with Crippen LogP contribution in [0.3, 0.4) is 0 Å². The highest BCUT2D eigenvalue weighted by atomic mass is 16.5. The third-order valence-corrected chi connectivity index (χ3v) is 3.39. The van der Waals surface area contributed by atoms with Gasteiger partial charge in [0, 0.05) is 12.2 Å². The lowest BCUT2D eigenvalue weighted by atomic mass is 10.2. The van der Waals surface area contributed by atoms with Gasteiger partial charge in [0.2, 0.25) is 5.88 Å². The quantitative estimate of drug-likeness (QED) is 0.646. The van der Waals surface area contributed by atoms with Gasteiger partial charge >= 0.3 is 0 Å². The van der Waals surface area contributed by atoms with Gasteiger partial charge in [-0.15, -0.1) is 5.10 Å². The molecule has 0 aliphatic heterocycles. The molecule has 2 aromatic carbocycles. The monoisotopic (exact) mass is 311 g/mol. The summed E-state index contributed by atoms with van der Waals surface area (Å²) in [6, 6.07) is 16.7. The number of hydrogen-bond donors (Lipinski definition) is 3. The molecule has 0 spiro atoms. The van der Waals surface area contributed by atoms with Crippen molar-refractivity contribution in [2.24, 2.45) is 0 Å². The zero-order chi connectivity index (χ0) is 16.1. The van der Waals surface area contributed by atoms with Crippen molar-refractivity contribution in [3.05, 3.63) is 65.0 Å². The summed E-state index contributed by atoms with van der Waals surface area (Å²) in [6.45, 7) is 0.425. The summed E-state index contributed by atoms with van der Waals surface area (Å²) in [4.78, 5) is 11.7. The van der Waals surface area contributed by atoms with E-state index in [0.29, 0.717) is 23.2 Å². The molecule has 0 aliphatic carbocycles. The van der Waals surface area contributed by atoms with Crippen molar-refractivity contribution in [1.29, 1.82) is 0 Å². The predicted octanol–water partition coefficient (Wildman–Crippen LogP) is 1.77. The average Bonchev–Trinajstić information content (AvgIpc) is 2.60. The molecule has 1 heterocycles. The third-order valence-electron chi connectivity index (χ3n) is 3.39. The molecule has 0 radical (unpaired) electrons. The number of anilines is 1. The molecule has 0 aliphatic rings. The first-order chi connectivity index (χ1) is 11.2. The number of para-hydroxylation sites is 1. The minimum Gasteiger partial charge on any atom is -0.473 e. The van der Waals surface area contributed by atoms with Gasteiger partial charge in [-0.05, 0) is 24.3 Å². The van der Waals surface area contributed by atoms with E-state index >= 15 is 0 Å². The molecule has 0 bridgehead atoms. The highest BCUT2D eigenvalue weighted by Gasteiger charge is 2.10. The number of fused-ring (bicyclic) bond motifs is 1. The smallest absolute Gasteiger partial charge is 0.272 e. The molecular formula is C17H17N3O3. The third kappa shape index (κ3) is 3.67. The summed E-state index contributed by atoms with van der Waals surface area (Å²) in [5.74, 6) is 0.305. The van der Waals surface area contributed by atoms with Crippen molar-refractivity contribution in [2.75, 3.05) is 18.5 Å². The summed E-state index contributed by atoms with van der Waals surface area (Å²) in [5.41, 5.74) is 0.665. The summed E-state index contributed by atoms with van der Waals surface area (Å²) in [6.07, 6.45) is -0.706. The highest BCUT2D eigenvalue weighted by molar-refractivity contribution is 5.85. The Kier molecular flexibility index (Phi) is 4.54. The van der Waals surface area contributed by atoms with Gasteiger partial charge in [0.1, 0.15) is 12.7 Å². The number of benzene rings is 2. The normalized spacial score (nSPS) is 12.0. The number of rotatable bonds is 6. The molecule has 0 amide bonds. The SMILES string of the molecule is O=c1[nH]nc(OCC(O)CNc2ccccc2)c2ccccc12. The zero-order valence-corrected chi connectivity index (χ0v) is 12.4. The summed E-state index contributed by atoms with van der Waals surface area (Å²) < 4.78 is 5.55. The van der Waals surface area contributed by atoms with Crippen LogP contribution in [0, 0.1) is 0 Å². The van der Waals surface area contributed by atoms with Gasteiger partial charge in [-0.3, -0.25) is 4.79 Å². The lowest BCUT2D eigenvalue weighted by Gasteiger charge is -2.14. The Morgan fingerprint density at radius 2 is 1.78 bits per heavy atom. The molecule has 3 N–H and O–H groups in total. The molecule has 6 heteroatoms. The van der Waals surface area contributed by atoms with Gasteiger partial charge in [-0.2, -0.15) is 0 Å². The van der Waals surface area contributed by atoms with Crippen molar-refractivity contribution >= 4 is 16.5 Å². The molecule has 0 fully saturated rings. The van der Waals surface area contributed by atoms with Crippen LogP contribution >= 0.6 is 0 Å². The van der Waals surface area contributed by atoms with E-state index in [-0.39, 0.29) is 12.2 Å². The summed E-state index contributed by atoms with van der Waals surface area (Å²) in [5, 5.41) is 20.6. The Labute approximate surface area is 132 Å². The number of nitrogens with zero attached hydrogens (tertiary/aromatic N) is 1. The molecule has 3 rings (SSSR count). The van der Waals surface area contributed by atoms with Crippen LogP contribution in [0.2, 0.25) is 0 Å². The van der Waals surface area contributed by atoms with Crippen molar-refractivity contribution in [1.82, 2.24) is 10.2 Å². The lowest BCUT2D eigenvalue weighted by Crippen LogP contribution is -2.27. The highest BCUT2D eigenvalue weighted by Crippen LogP contribution is 2.19. The fraction of sp³-hybridized carbons (Fsp3) is 0.176. The molecular weight excluding hydrogens is 294 g/mol. The van der Waals surface area contributed by atoms with Crippen molar-refractivity contribution < 1.29 is 9.84 Å². The molecule has 23 heavy (non-hydrogen) atoms. The van der Waals surface area contributed by atoms with Crippen LogP contribution < -0.4 is 15.6 Å². The number of hydrogen-bond acceptors (Lipinski definition) is 5. The molecule has 118 valence electrons. The minimum absolute atomic E-state index is 0.0723. The largest absolute Gasteiger partial charge is 0.473 e. The number of nitrogens with one attached hydrogen (secondary N) is 2. The van der Waals surface area contributed by atoms with Crippen molar-refractivity contribution in [3.8, 4) is 5.88 Å². The molecule has 6 nitrogen and oxygen atoms in total. The van der Waals surface area contributed by atoms with Gasteiger partial charge in [0.25, 0.3) is 5.56 Å². The summed E-state index contributed by atoms with van der Waals surface area (Å²) >= 11 is 0. The van der Waals surface area contributed by atoms with Crippen molar-refractivity contribution in [3.63, 3.8) is 0 Å². The van der Waals surface area contributed by atoms with E-state index in [1.165, 1.54) is 0 Å². The molecule has 0 saturated carbocycles. The van der Waals surface area contributed by atoms with Crippen LogP contribution in [-0.2, 0) is 0 Å². The number of aromatic amines is 1. The number of aromatic nitrogens is 2. The zero-order valence-electron chi connectivity index (χ0n) is 12.4. The molecule has 1 aromatic heterocycles. The van der Waals surface area contributed by atoms with Crippen LogP contribution in [0.1, 0.15) is 0 Å². The maximum atomic E-state index is 11.7. The number of ether oxygens (including phenoxy) is 1. The second-order valence-corrected chi connectivity index (χ2v) is 5.12. The Morgan fingerprint density at radius 1 is 1.09 bits per heavy atom. The summed E-state index contributed by atoms with van der Waals surface area (Å²) in [7, 11) is 0. The van der Waals surface area contributed by atoms with Gasteiger partial charge in [-0.1, -0.05) is 30.3 Å². The van der Waals surface area contributed by atoms with Gasteiger partial charge in [0.15, 0.2) is 0 Å². The number of H-pyrrole nitrogens is 1. The topological polar surface area (TPSA) is 87.2 Å². The fourth-order valence-corrected chi connectivity index (χ4v) is 2.23. The first kappa shape index (κ1) is 15.1. The van der Waals surface area contributed by atoms with E-state index in [2.05, 4.69) is 15.5 Å². The second-order valence-electron chi connectivity index (χ2n) is 5.12. The van der Waals surface area contributed by atoms with E-state index in [4.69, 9.17) is 4.74 Å². The van der Waals surface area contributed by atoms with Crippen molar-refractivity contribution in [2.45, 2.75) is 6.10 Å². The van der Waals surface area contributed by atoms with Crippen LogP contribution in [0.5, 0.6) is 5.88 Å². The Bertz CT molecular complexity index is 833. The van der Waals surface area contributed by atoms with E-state index in [1.54, 1.807) is 18.2 Å². The lowest BCUT2D eigenvalue weighted by molar-refractivity contribution is 0.115. The number of aliphatic hydroxyl groups excluding tert-OH is 1. The van der Waals surface area contributed by atoms with Crippen LogP contribution in [0.4, 0.5) is 5.69 Å². The Balaban J connectivity index is 1.62.